The monoisotopic (exact) mass is 315 g/mol. The molecule has 1 aromatic carbocycles. The minimum Gasteiger partial charge on any atom is -0.469 e. The SMILES string of the molecule is COC(=O)CC(c1cc(F)c(F)cc1F)C(C#N)C(=O)OC. The summed E-state index contributed by atoms with van der Waals surface area (Å²) in [5.74, 6) is -8.81. The van der Waals surface area contributed by atoms with Crippen LogP contribution in [0.1, 0.15) is 17.9 Å². The van der Waals surface area contributed by atoms with Gasteiger partial charge in [0.2, 0.25) is 0 Å². The molecular weight excluding hydrogens is 303 g/mol. The van der Waals surface area contributed by atoms with Gasteiger partial charge in [-0.05, 0) is 11.6 Å². The van der Waals surface area contributed by atoms with E-state index in [2.05, 4.69) is 9.47 Å². The van der Waals surface area contributed by atoms with Gasteiger partial charge in [0, 0.05) is 12.0 Å². The molecule has 0 bridgehead atoms. The first-order valence-electron chi connectivity index (χ1n) is 6.04. The van der Waals surface area contributed by atoms with Crippen molar-refractivity contribution in [2.24, 2.45) is 5.92 Å². The average molecular weight is 315 g/mol. The Labute approximate surface area is 124 Å². The number of carbonyl (C=O) groups is 2. The van der Waals surface area contributed by atoms with Gasteiger partial charge in [-0.15, -0.1) is 0 Å². The number of rotatable bonds is 5. The summed E-state index contributed by atoms with van der Waals surface area (Å²) in [4.78, 5) is 23.0. The molecule has 0 heterocycles. The molecule has 0 radical (unpaired) electrons. The molecule has 118 valence electrons. The fraction of sp³-hybridized carbons (Fsp3) is 0.357. The molecule has 1 aromatic rings. The summed E-state index contributed by atoms with van der Waals surface area (Å²) in [5.41, 5.74) is -0.485. The van der Waals surface area contributed by atoms with Crippen LogP contribution in [-0.4, -0.2) is 26.2 Å². The van der Waals surface area contributed by atoms with Gasteiger partial charge in [-0.1, -0.05) is 0 Å². The van der Waals surface area contributed by atoms with Gasteiger partial charge < -0.3 is 9.47 Å². The van der Waals surface area contributed by atoms with E-state index in [1.54, 1.807) is 6.07 Å². The number of benzene rings is 1. The molecule has 0 amide bonds. The van der Waals surface area contributed by atoms with Gasteiger partial charge in [0.1, 0.15) is 5.82 Å². The molecule has 0 aliphatic carbocycles. The van der Waals surface area contributed by atoms with Crippen LogP contribution < -0.4 is 0 Å². The van der Waals surface area contributed by atoms with E-state index in [-0.39, 0.29) is 6.07 Å². The smallest absolute Gasteiger partial charge is 0.323 e. The van der Waals surface area contributed by atoms with Crippen LogP contribution in [0.4, 0.5) is 13.2 Å². The number of hydrogen-bond acceptors (Lipinski definition) is 5. The van der Waals surface area contributed by atoms with Crippen molar-refractivity contribution in [3.63, 3.8) is 0 Å². The maximum absolute atomic E-state index is 13.9. The fourth-order valence-corrected chi connectivity index (χ4v) is 1.93. The zero-order valence-corrected chi connectivity index (χ0v) is 11.7. The second-order valence-corrected chi connectivity index (χ2v) is 4.30. The van der Waals surface area contributed by atoms with E-state index >= 15 is 0 Å². The predicted molar refractivity (Wildman–Crippen MR) is 66.8 cm³/mol. The highest BCUT2D eigenvalue weighted by Crippen LogP contribution is 2.32. The summed E-state index contributed by atoms with van der Waals surface area (Å²) in [6, 6.07) is 2.36. The van der Waals surface area contributed by atoms with Crippen LogP contribution in [0.3, 0.4) is 0 Å². The number of nitrogens with zero attached hydrogens (tertiary/aromatic N) is 1. The number of ether oxygens (including phenoxy) is 2. The van der Waals surface area contributed by atoms with Crippen molar-refractivity contribution in [1.82, 2.24) is 0 Å². The van der Waals surface area contributed by atoms with E-state index < -0.39 is 53.2 Å². The minimum atomic E-state index is -1.58. The van der Waals surface area contributed by atoms with Gasteiger partial charge in [-0.25, -0.2) is 13.2 Å². The Morgan fingerprint density at radius 2 is 1.73 bits per heavy atom. The van der Waals surface area contributed by atoms with Gasteiger partial charge >= 0.3 is 11.9 Å². The molecule has 8 heteroatoms. The number of carbonyl (C=O) groups excluding carboxylic acids is 2. The van der Waals surface area contributed by atoms with Crippen LogP contribution in [0, 0.1) is 34.7 Å². The lowest BCUT2D eigenvalue weighted by Gasteiger charge is -2.20. The van der Waals surface area contributed by atoms with Gasteiger partial charge in [0.15, 0.2) is 17.6 Å². The molecular formula is C14H12F3NO4. The molecule has 0 aliphatic rings. The van der Waals surface area contributed by atoms with Crippen LogP contribution in [0.2, 0.25) is 0 Å². The number of methoxy groups -OCH3 is 2. The lowest BCUT2D eigenvalue weighted by molar-refractivity contribution is -0.145. The summed E-state index contributed by atoms with van der Waals surface area (Å²) in [7, 11) is 2.06. The fourth-order valence-electron chi connectivity index (χ4n) is 1.93. The summed E-state index contributed by atoms with van der Waals surface area (Å²) in [5, 5.41) is 9.07. The molecule has 0 saturated heterocycles. The van der Waals surface area contributed by atoms with E-state index in [9.17, 15) is 22.8 Å². The molecule has 0 saturated carbocycles. The van der Waals surface area contributed by atoms with Crippen LogP contribution in [0.5, 0.6) is 0 Å². The van der Waals surface area contributed by atoms with Crippen molar-refractivity contribution in [1.29, 1.82) is 5.26 Å². The van der Waals surface area contributed by atoms with Crippen molar-refractivity contribution in [2.75, 3.05) is 14.2 Å². The van der Waals surface area contributed by atoms with E-state index in [0.29, 0.717) is 6.07 Å². The van der Waals surface area contributed by atoms with Gasteiger partial charge in [0.25, 0.3) is 0 Å². The zero-order chi connectivity index (χ0) is 16.9. The Balaban J connectivity index is 3.38. The molecule has 22 heavy (non-hydrogen) atoms. The second kappa shape index (κ2) is 7.45. The highest BCUT2D eigenvalue weighted by molar-refractivity contribution is 5.79. The Morgan fingerprint density at radius 1 is 1.14 bits per heavy atom. The maximum atomic E-state index is 13.9. The van der Waals surface area contributed by atoms with Crippen molar-refractivity contribution in [3.05, 3.63) is 35.1 Å². The van der Waals surface area contributed by atoms with Gasteiger partial charge in [-0.3, -0.25) is 9.59 Å². The lowest BCUT2D eigenvalue weighted by atomic mass is 9.84. The summed E-state index contributed by atoms with van der Waals surface area (Å²) in [6.45, 7) is 0. The quantitative estimate of drug-likeness (QED) is 0.614. The van der Waals surface area contributed by atoms with Crippen molar-refractivity contribution < 1.29 is 32.2 Å². The van der Waals surface area contributed by atoms with Gasteiger partial charge in [0.05, 0.1) is 26.7 Å². The molecule has 2 atom stereocenters. The highest BCUT2D eigenvalue weighted by Gasteiger charge is 2.35. The van der Waals surface area contributed by atoms with Crippen LogP contribution >= 0.6 is 0 Å². The zero-order valence-electron chi connectivity index (χ0n) is 11.7. The molecule has 2 unspecified atom stereocenters. The third kappa shape index (κ3) is 3.75. The first kappa shape index (κ1) is 17.5. The first-order chi connectivity index (χ1) is 10.3. The van der Waals surface area contributed by atoms with Crippen LogP contribution in [0.15, 0.2) is 12.1 Å². The molecule has 0 aliphatic heterocycles. The molecule has 0 aromatic heterocycles. The minimum absolute atomic E-state index is 0.278. The molecule has 0 spiro atoms. The van der Waals surface area contributed by atoms with E-state index in [1.807, 2.05) is 0 Å². The molecule has 5 nitrogen and oxygen atoms in total. The molecule has 0 N–H and O–H groups in total. The molecule has 1 rings (SSSR count). The van der Waals surface area contributed by atoms with E-state index in [0.717, 1.165) is 14.2 Å². The maximum Gasteiger partial charge on any atom is 0.323 e. The average Bonchev–Trinajstić information content (AvgIpc) is 2.50. The van der Waals surface area contributed by atoms with Crippen molar-refractivity contribution in [3.8, 4) is 6.07 Å². The normalized spacial score (nSPS) is 12.9. The highest BCUT2D eigenvalue weighted by atomic mass is 19.2. The third-order valence-electron chi connectivity index (χ3n) is 3.05. The summed E-state index contributed by atoms with van der Waals surface area (Å²) >= 11 is 0. The summed E-state index contributed by atoms with van der Waals surface area (Å²) in [6.07, 6.45) is -0.578. The Bertz CT molecular complexity index is 627. The Hall–Kier alpha value is -2.56. The number of halogens is 3. The number of hydrogen-bond donors (Lipinski definition) is 0. The predicted octanol–water partition coefficient (Wildman–Crippen LogP) is 2.06. The standard InChI is InChI=1S/C14H12F3NO4/c1-21-13(19)4-7(9(6-18)14(20)22-2)8-3-11(16)12(17)5-10(8)15/h3,5,7,9H,4H2,1-2H3. The Kier molecular flexibility index (Phi) is 5.92. The van der Waals surface area contributed by atoms with Crippen LogP contribution in [0.25, 0.3) is 0 Å². The van der Waals surface area contributed by atoms with Crippen molar-refractivity contribution >= 4 is 11.9 Å². The van der Waals surface area contributed by atoms with Crippen LogP contribution in [-0.2, 0) is 19.1 Å². The second-order valence-electron chi connectivity index (χ2n) is 4.30. The largest absolute Gasteiger partial charge is 0.469 e. The van der Waals surface area contributed by atoms with E-state index in [4.69, 9.17) is 5.26 Å². The van der Waals surface area contributed by atoms with Gasteiger partial charge in [-0.2, -0.15) is 5.26 Å². The topological polar surface area (TPSA) is 76.4 Å². The van der Waals surface area contributed by atoms with E-state index in [1.165, 1.54) is 0 Å². The first-order valence-corrected chi connectivity index (χ1v) is 6.04. The number of esters is 2. The summed E-state index contributed by atoms with van der Waals surface area (Å²) < 4.78 is 49.0. The Morgan fingerprint density at radius 3 is 2.23 bits per heavy atom. The number of nitriles is 1. The molecule has 0 fully saturated rings. The lowest BCUT2D eigenvalue weighted by Crippen LogP contribution is -2.26. The van der Waals surface area contributed by atoms with Crippen molar-refractivity contribution in [2.45, 2.75) is 12.3 Å². The third-order valence-corrected chi connectivity index (χ3v) is 3.05.